The van der Waals surface area contributed by atoms with E-state index in [0.717, 1.165) is 18.8 Å². The molecule has 3 heteroatoms. The van der Waals surface area contributed by atoms with Crippen LogP contribution in [0.5, 0.6) is 5.75 Å². The molecule has 0 saturated carbocycles. The molecular weight excluding hydrogens is 236 g/mol. The summed E-state index contributed by atoms with van der Waals surface area (Å²) in [5, 5.41) is 3.55. The van der Waals surface area contributed by atoms with Gasteiger partial charge in [-0.1, -0.05) is 12.1 Å². The Kier molecular flexibility index (Phi) is 4.83. The van der Waals surface area contributed by atoms with Gasteiger partial charge in [-0.2, -0.15) is 0 Å². The molecule has 0 bridgehead atoms. The first-order chi connectivity index (χ1) is 9.10. The van der Waals surface area contributed by atoms with Crippen LogP contribution in [0.3, 0.4) is 0 Å². The molecule has 1 unspecified atom stereocenters. The van der Waals surface area contributed by atoms with E-state index in [2.05, 4.69) is 43.2 Å². The van der Waals surface area contributed by atoms with E-state index in [-0.39, 0.29) is 0 Å². The van der Waals surface area contributed by atoms with Crippen LogP contribution in [0.4, 0.5) is 0 Å². The summed E-state index contributed by atoms with van der Waals surface area (Å²) in [4.78, 5) is 2.41. The van der Waals surface area contributed by atoms with E-state index in [4.69, 9.17) is 4.74 Å². The van der Waals surface area contributed by atoms with E-state index in [1.54, 1.807) is 7.11 Å². The van der Waals surface area contributed by atoms with E-state index in [1.807, 2.05) is 0 Å². The quantitative estimate of drug-likeness (QED) is 0.882. The summed E-state index contributed by atoms with van der Waals surface area (Å²) in [6.45, 7) is 7.55. The van der Waals surface area contributed by atoms with Gasteiger partial charge in [0.05, 0.1) is 7.11 Å². The van der Waals surface area contributed by atoms with Crippen molar-refractivity contribution < 1.29 is 4.74 Å². The molecule has 1 aromatic rings. The van der Waals surface area contributed by atoms with Crippen LogP contribution in [-0.4, -0.2) is 38.2 Å². The Bertz CT molecular complexity index is 402. The number of hydrogen-bond donors (Lipinski definition) is 1. The second-order valence-electron chi connectivity index (χ2n) is 5.75. The Hall–Kier alpha value is -1.06. The van der Waals surface area contributed by atoms with Crippen molar-refractivity contribution in [3.8, 4) is 5.75 Å². The summed E-state index contributed by atoms with van der Waals surface area (Å²) in [7, 11) is 3.95. The van der Waals surface area contributed by atoms with Crippen molar-refractivity contribution in [2.24, 2.45) is 0 Å². The highest BCUT2D eigenvalue weighted by Crippen LogP contribution is 2.24. The molecule has 0 aromatic heterocycles. The van der Waals surface area contributed by atoms with Crippen LogP contribution < -0.4 is 10.1 Å². The highest BCUT2D eigenvalue weighted by Gasteiger charge is 2.16. The molecular formula is C16H26N2O. The van der Waals surface area contributed by atoms with Gasteiger partial charge in [-0.25, -0.2) is 0 Å². The first-order valence-electron chi connectivity index (χ1n) is 7.16. The third-order valence-corrected chi connectivity index (χ3v) is 3.87. The van der Waals surface area contributed by atoms with Crippen LogP contribution in [0, 0.1) is 13.8 Å². The smallest absolute Gasteiger partial charge is 0.124 e. The Balaban J connectivity index is 1.98. The second kappa shape index (κ2) is 6.40. The topological polar surface area (TPSA) is 24.5 Å². The number of nitrogens with zero attached hydrogens (tertiary/aromatic N) is 1. The summed E-state index contributed by atoms with van der Waals surface area (Å²) in [6.07, 6.45) is 2.63. The maximum Gasteiger partial charge on any atom is 0.124 e. The maximum absolute atomic E-state index is 5.42. The molecule has 0 radical (unpaired) electrons. The average Bonchev–Trinajstić information content (AvgIpc) is 2.81. The fraction of sp³-hybridized carbons (Fsp3) is 0.625. The van der Waals surface area contributed by atoms with Gasteiger partial charge in [0.1, 0.15) is 5.75 Å². The first kappa shape index (κ1) is 14.4. The van der Waals surface area contributed by atoms with Gasteiger partial charge in [-0.15, -0.1) is 0 Å². The van der Waals surface area contributed by atoms with Crippen LogP contribution >= 0.6 is 0 Å². The Morgan fingerprint density at radius 3 is 2.53 bits per heavy atom. The van der Waals surface area contributed by atoms with Crippen LogP contribution in [-0.2, 0) is 6.54 Å². The highest BCUT2D eigenvalue weighted by atomic mass is 16.5. The molecule has 19 heavy (non-hydrogen) atoms. The predicted octanol–water partition coefficient (Wildman–Crippen LogP) is 2.50. The third-order valence-electron chi connectivity index (χ3n) is 3.87. The summed E-state index contributed by atoms with van der Waals surface area (Å²) in [5.41, 5.74) is 3.83. The lowest BCUT2D eigenvalue weighted by molar-refractivity contribution is 0.293. The Morgan fingerprint density at radius 1 is 1.32 bits per heavy atom. The van der Waals surface area contributed by atoms with E-state index in [0.29, 0.717) is 6.04 Å². The maximum atomic E-state index is 5.42. The molecule has 0 amide bonds. The van der Waals surface area contributed by atoms with Gasteiger partial charge < -0.3 is 15.0 Å². The minimum Gasteiger partial charge on any atom is -0.496 e. The highest BCUT2D eigenvalue weighted by molar-refractivity contribution is 5.43. The standard InChI is InChI=1S/C16H26N2O/c1-12-8-14(9-13(2)16(12)19-4)10-18(3)11-15-6-5-7-17-15/h8-9,15,17H,5-7,10-11H2,1-4H3. The number of benzene rings is 1. The molecule has 1 saturated heterocycles. The van der Waals surface area contributed by atoms with Crippen LogP contribution in [0.2, 0.25) is 0 Å². The molecule has 1 aromatic carbocycles. The van der Waals surface area contributed by atoms with E-state index < -0.39 is 0 Å². The Morgan fingerprint density at radius 2 is 2.00 bits per heavy atom. The largest absolute Gasteiger partial charge is 0.496 e. The molecule has 0 aliphatic carbocycles. The van der Waals surface area contributed by atoms with Crippen molar-refractivity contribution in [2.45, 2.75) is 39.3 Å². The molecule has 3 nitrogen and oxygen atoms in total. The number of likely N-dealkylation sites (N-methyl/N-ethyl adjacent to an activating group) is 1. The lowest BCUT2D eigenvalue weighted by Gasteiger charge is -2.22. The number of aryl methyl sites for hydroxylation is 2. The monoisotopic (exact) mass is 262 g/mol. The first-order valence-corrected chi connectivity index (χ1v) is 7.16. The lowest BCUT2D eigenvalue weighted by atomic mass is 10.1. The fourth-order valence-electron chi connectivity index (χ4n) is 3.12. The molecule has 1 aliphatic heterocycles. The molecule has 0 spiro atoms. The van der Waals surface area contributed by atoms with Crippen molar-refractivity contribution in [3.63, 3.8) is 0 Å². The van der Waals surface area contributed by atoms with Gasteiger partial charge in [0.25, 0.3) is 0 Å². The third kappa shape index (κ3) is 3.71. The second-order valence-corrected chi connectivity index (χ2v) is 5.75. The van der Waals surface area contributed by atoms with Gasteiger partial charge in [0.2, 0.25) is 0 Å². The fourth-order valence-corrected chi connectivity index (χ4v) is 3.12. The van der Waals surface area contributed by atoms with E-state index >= 15 is 0 Å². The molecule has 106 valence electrons. The van der Waals surface area contributed by atoms with Gasteiger partial charge >= 0.3 is 0 Å². The van der Waals surface area contributed by atoms with Gasteiger partial charge in [0.15, 0.2) is 0 Å². The minimum atomic E-state index is 0.672. The zero-order chi connectivity index (χ0) is 13.8. The van der Waals surface area contributed by atoms with Crippen LogP contribution in [0.1, 0.15) is 29.5 Å². The van der Waals surface area contributed by atoms with Crippen LogP contribution in [0.15, 0.2) is 12.1 Å². The van der Waals surface area contributed by atoms with Crippen LogP contribution in [0.25, 0.3) is 0 Å². The molecule has 1 heterocycles. The van der Waals surface area contributed by atoms with Crippen molar-refractivity contribution >= 4 is 0 Å². The SMILES string of the molecule is COc1c(C)cc(CN(C)CC2CCCN2)cc1C. The lowest BCUT2D eigenvalue weighted by Crippen LogP contribution is -2.34. The molecule has 1 atom stereocenters. The molecule has 1 aliphatic rings. The summed E-state index contributed by atoms with van der Waals surface area (Å²) < 4.78 is 5.42. The summed E-state index contributed by atoms with van der Waals surface area (Å²) in [5.74, 6) is 1.02. The van der Waals surface area contributed by atoms with E-state index in [9.17, 15) is 0 Å². The normalized spacial score (nSPS) is 19.1. The van der Waals surface area contributed by atoms with Crippen molar-refractivity contribution in [3.05, 3.63) is 28.8 Å². The zero-order valence-corrected chi connectivity index (χ0v) is 12.6. The molecule has 1 N–H and O–H groups in total. The Labute approximate surface area is 116 Å². The van der Waals surface area contributed by atoms with Gasteiger partial charge in [-0.05, 0) is 57.0 Å². The average molecular weight is 262 g/mol. The number of hydrogen-bond acceptors (Lipinski definition) is 3. The predicted molar refractivity (Wildman–Crippen MR) is 79.8 cm³/mol. The van der Waals surface area contributed by atoms with Crippen molar-refractivity contribution in [1.82, 2.24) is 10.2 Å². The zero-order valence-electron chi connectivity index (χ0n) is 12.6. The number of methoxy groups -OCH3 is 1. The number of rotatable bonds is 5. The molecule has 1 fully saturated rings. The van der Waals surface area contributed by atoms with Gasteiger partial charge in [-0.3, -0.25) is 0 Å². The number of ether oxygens (including phenoxy) is 1. The van der Waals surface area contributed by atoms with Crippen molar-refractivity contribution in [2.75, 3.05) is 27.2 Å². The molecule has 2 rings (SSSR count). The minimum absolute atomic E-state index is 0.672. The summed E-state index contributed by atoms with van der Waals surface area (Å²) in [6, 6.07) is 5.15. The van der Waals surface area contributed by atoms with E-state index in [1.165, 1.54) is 36.1 Å². The van der Waals surface area contributed by atoms with Gasteiger partial charge in [0, 0.05) is 19.1 Å². The van der Waals surface area contributed by atoms with Crippen molar-refractivity contribution in [1.29, 1.82) is 0 Å². The summed E-state index contributed by atoms with van der Waals surface area (Å²) >= 11 is 0. The number of nitrogens with one attached hydrogen (secondary N) is 1.